The molecule has 0 bridgehead atoms. The number of alkyl halides is 3. The third kappa shape index (κ3) is 4.74. The molecule has 0 saturated heterocycles. The van der Waals surface area contributed by atoms with Crippen LogP contribution in [0, 0.1) is 11.6 Å². The molecule has 0 radical (unpaired) electrons. The molecule has 152 valence electrons. The van der Waals surface area contributed by atoms with Crippen molar-refractivity contribution in [2.45, 2.75) is 12.2 Å². The van der Waals surface area contributed by atoms with Gasteiger partial charge in [-0.15, -0.1) is 0 Å². The van der Waals surface area contributed by atoms with E-state index in [1.165, 1.54) is 0 Å². The fraction of sp³-hybridized carbons (Fsp3) is 0.167. The van der Waals surface area contributed by atoms with Crippen LogP contribution in [0.15, 0.2) is 47.0 Å². The van der Waals surface area contributed by atoms with Crippen LogP contribution in [0.3, 0.4) is 0 Å². The highest BCUT2D eigenvalue weighted by Gasteiger charge is 2.30. The Kier molecular flexibility index (Phi) is 5.59. The first-order valence-corrected chi connectivity index (χ1v) is 8.06. The number of amides is 1. The average molecular weight is 413 g/mol. The molecule has 2 aromatic carbocycles. The van der Waals surface area contributed by atoms with E-state index in [2.05, 4.69) is 15.5 Å². The number of halogens is 5. The summed E-state index contributed by atoms with van der Waals surface area (Å²) in [6.07, 6.45) is -4.50. The monoisotopic (exact) mass is 413 g/mol. The van der Waals surface area contributed by atoms with E-state index in [4.69, 9.17) is 4.52 Å². The number of nitrogens with zero attached hydrogens (tertiary/aromatic N) is 2. The van der Waals surface area contributed by atoms with Gasteiger partial charge in [0.15, 0.2) is 0 Å². The number of carbonyl (C=O) groups excluding carboxylic acids is 1. The number of aliphatic hydroxyl groups is 1. The van der Waals surface area contributed by atoms with Crippen molar-refractivity contribution in [3.8, 4) is 11.4 Å². The Bertz CT molecular complexity index is 998. The Labute approximate surface area is 160 Å². The Hall–Kier alpha value is -3.34. The number of rotatable bonds is 5. The number of carbonyl (C=O) groups is 1. The molecule has 0 unspecified atom stereocenters. The Morgan fingerprint density at radius 3 is 2.28 bits per heavy atom. The number of nitrogens with one attached hydrogen (secondary N) is 1. The van der Waals surface area contributed by atoms with Crippen LogP contribution in [-0.2, 0) is 6.18 Å². The summed E-state index contributed by atoms with van der Waals surface area (Å²) >= 11 is 0. The first kappa shape index (κ1) is 20.4. The number of aromatic nitrogens is 2. The molecule has 0 aliphatic heterocycles. The first-order chi connectivity index (χ1) is 13.7. The van der Waals surface area contributed by atoms with Crippen molar-refractivity contribution < 1.29 is 36.4 Å². The maximum Gasteiger partial charge on any atom is 0.416 e. The van der Waals surface area contributed by atoms with E-state index in [1.54, 1.807) is 0 Å². The molecular weight excluding hydrogens is 401 g/mol. The van der Waals surface area contributed by atoms with Gasteiger partial charge < -0.3 is 14.9 Å². The van der Waals surface area contributed by atoms with Gasteiger partial charge in [-0.1, -0.05) is 17.3 Å². The Morgan fingerprint density at radius 1 is 1.10 bits per heavy atom. The standard InChI is InChI=1S/C18H12F5N3O3/c19-12-5-10(6-13(20)7-12)16(28)24-14(8-27)17-25-15(26-29-17)9-1-3-11(4-2-9)18(21,22)23/h1-7,14,27H,8H2,(H,24,28)/t14-/m0/s1. The van der Waals surface area contributed by atoms with Crippen LogP contribution < -0.4 is 5.32 Å². The van der Waals surface area contributed by atoms with Crippen LogP contribution in [0.25, 0.3) is 11.4 Å². The third-order valence-electron chi connectivity index (χ3n) is 3.82. The molecule has 29 heavy (non-hydrogen) atoms. The zero-order chi connectivity index (χ0) is 21.2. The fourth-order valence-electron chi connectivity index (χ4n) is 2.41. The van der Waals surface area contributed by atoms with Crippen molar-refractivity contribution >= 4 is 5.91 Å². The molecule has 0 aliphatic carbocycles. The highest BCUT2D eigenvalue weighted by atomic mass is 19.4. The first-order valence-electron chi connectivity index (χ1n) is 8.06. The van der Waals surface area contributed by atoms with Crippen molar-refractivity contribution in [2.24, 2.45) is 0 Å². The SMILES string of the molecule is O=C(N[C@@H](CO)c1nc(-c2ccc(C(F)(F)F)cc2)no1)c1cc(F)cc(F)c1. The molecule has 0 spiro atoms. The van der Waals surface area contributed by atoms with Gasteiger partial charge >= 0.3 is 6.18 Å². The average Bonchev–Trinajstić information content (AvgIpc) is 3.14. The minimum absolute atomic E-state index is 0.0711. The number of hydrogen-bond donors (Lipinski definition) is 2. The zero-order valence-electron chi connectivity index (χ0n) is 14.4. The molecule has 0 aliphatic rings. The number of benzene rings is 2. The van der Waals surface area contributed by atoms with Gasteiger partial charge in [0.1, 0.15) is 17.7 Å². The second kappa shape index (κ2) is 7.95. The normalized spacial score (nSPS) is 12.6. The number of hydrogen-bond acceptors (Lipinski definition) is 5. The zero-order valence-corrected chi connectivity index (χ0v) is 14.4. The van der Waals surface area contributed by atoms with Gasteiger partial charge in [0.2, 0.25) is 5.82 Å². The van der Waals surface area contributed by atoms with Crippen LogP contribution in [-0.4, -0.2) is 27.8 Å². The van der Waals surface area contributed by atoms with E-state index in [1.807, 2.05) is 0 Å². The molecule has 1 aromatic heterocycles. The smallest absolute Gasteiger partial charge is 0.394 e. The fourth-order valence-corrected chi connectivity index (χ4v) is 2.41. The van der Waals surface area contributed by atoms with Crippen LogP contribution in [0.1, 0.15) is 27.9 Å². The van der Waals surface area contributed by atoms with Gasteiger partial charge in [-0.2, -0.15) is 18.2 Å². The summed E-state index contributed by atoms with van der Waals surface area (Å²) in [6.45, 7) is -0.682. The molecule has 1 heterocycles. The van der Waals surface area contributed by atoms with E-state index in [9.17, 15) is 31.9 Å². The Balaban J connectivity index is 1.77. The molecule has 1 atom stereocenters. The lowest BCUT2D eigenvalue weighted by Gasteiger charge is -2.12. The van der Waals surface area contributed by atoms with Gasteiger partial charge in [-0.05, 0) is 24.3 Å². The van der Waals surface area contributed by atoms with E-state index < -0.39 is 41.9 Å². The second-order valence-electron chi connectivity index (χ2n) is 5.90. The molecule has 2 N–H and O–H groups in total. The Morgan fingerprint density at radius 2 is 1.72 bits per heavy atom. The predicted molar refractivity (Wildman–Crippen MR) is 88.4 cm³/mol. The third-order valence-corrected chi connectivity index (χ3v) is 3.82. The summed E-state index contributed by atoms with van der Waals surface area (Å²) in [4.78, 5) is 16.1. The molecule has 3 rings (SSSR count). The van der Waals surface area contributed by atoms with Gasteiger partial charge in [0.05, 0.1) is 12.2 Å². The van der Waals surface area contributed by atoms with E-state index in [0.29, 0.717) is 6.07 Å². The van der Waals surface area contributed by atoms with Gasteiger partial charge in [-0.25, -0.2) is 8.78 Å². The van der Waals surface area contributed by atoms with Crippen LogP contribution in [0.4, 0.5) is 22.0 Å². The molecule has 3 aromatic rings. The lowest BCUT2D eigenvalue weighted by molar-refractivity contribution is -0.137. The van der Waals surface area contributed by atoms with Crippen molar-refractivity contribution in [2.75, 3.05) is 6.61 Å². The lowest BCUT2D eigenvalue weighted by atomic mass is 10.1. The molecule has 1 amide bonds. The molecule has 11 heteroatoms. The lowest BCUT2D eigenvalue weighted by Crippen LogP contribution is -2.31. The minimum Gasteiger partial charge on any atom is -0.394 e. The molecule has 6 nitrogen and oxygen atoms in total. The van der Waals surface area contributed by atoms with Crippen molar-refractivity contribution in [3.05, 3.63) is 71.1 Å². The molecular formula is C18H12F5N3O3. The van der Waals surface area contributed by atoms with Gasteiger partial charge in [-0.3, -0.25) is 4.79 Å². The second-order valence-corrected chi connectivity index (χ2v) is 5.90. The topological polar surface area (TPSA) is 88.2 Å². The highest BCUT2D eigenvalue weighted by Crippen LogP contribution is 2.30. The molecule has 0 saturated carbocycles. The summed E-state index contributed by atoms with van der Waals surface area (Å²) in [5, 5.41) is 15.4. The van der Waals surface area contributed by atoms with Crippen molar-refractivity contribution in [1.29, 1.82) is 0 Å². The summed E-state index contributed by atoms with van der Waals surface area (Å²) in [5.41, 5.74) is -0.973. The van der Waals surface area contributed by atoms with Gasteiger partial charge in [0, 0.05) is 17.2 Å². The maximum absolute atomic E-state index is 13.2. The van der Waals surface area contributed by atoms with E-state index >= 15 is 0 Å². The summed E-state index contributed by atoms with van der Waals surface area (Å²) in [6, 6.07) is 4.95. The van der Waals surface area contributed by atoms with E-state index in [0.717, 1.165) is 36.4 Å². The predicted octanol–water partition coefficient (Wildman–Crippen LogP) is 3.50. The van der Waals surface area contributed by atoms with Crippen LogP contribution >= 0.6 is 0 Å². The minimum atomic E-state index is -4.50. The molecule has 0 fully saturated rings. The largest absolute Gasteiger partial charge is 0.416 e. The van der Waals surface area contributed by atoms with Crippen molar-refractivity contribution in [1.82, 2.24) is 15.5 Å². The maximum atomic E-state index is 13.2. The van der Waals surface area contributed by atoms with Crippen molar-refractivity contribution in [3.63, 3.8) is 0 Å². The quantitative estimate of drug-likeness (QED) is 0.626. The van der Waals surface area contributed by atoms with Crippen LogP contribution in [0.2, 0.25) is 0 Å². The van der Waals surface area contributed by atoms with E-state index in [-0.39, 0.29) is 22.8 Å². The van der Waals surface area contributed by atoms with Gasteiger partial charge in [0.25, 0.3) is 11.8 Å². The summed E-state index contributed by atoms with van der Waals surface area (Å²) < 4.78 is 69.3. The number of aliphatic hydroxyl groups excluding tert-OH is 1. The summed E-state index contributed by atoms with van der Waals surface area (Å²) in [7, 11) is 0. The highest BCUT2D eigenvalue weighted by molar-refractivity contribution is 5.94. The van der Waals surface area contributed by atoms with Crippen LogP contribution in [0.5, 0.6) is 0 Å². The summed E-state index contributed by atoms with van der Waals surface area (Å²) in [5.74, 6) is -3.14.